The molecule has 0 saturated heterocycles. The lowest BCUT2D eigenvalue weighted by atomic mass is 9.98. The molecule has 1 aliphatic carbocycles. The first-order valence-electron chi connectivity index (χ1n) is 10.9. The largest absolute Gasteiger partial charge is 0.481 e. The number of alkyl carbamates (subject to hydrolysis) is 1. The molecule has 0 bridgehead atoms. The number of unbranched alkanes of at least 4 members (excludes halogenated alkanes) is 4. The van der Waals surface area contributed by atoms with Crippen LogP contribution in [0.15, 0.2) is 48.5 Å². The van der Waals surface area contributed by atoms with Crippen LogP contribution in [0.5, 0.6) is 0 Å². The zero-order valence-corrected chi connectivity index (χ0v) is 17.6. The Hall–Kier alpha value is -2.82. The number of aliphatic carboxylic acids is 1. The highest BCUT2D eigenvalue weighted by atomic mass is 16.5. The molecule has 2 N–H and O–H groups in total. The lowest BCUT2D eigenvalue weighted by molar-refractivity contribution is -0.137. The maximum absolute atomic E-state index is 12.4. The lowest BCUT2D eigenvalue weighted by Gasteiger charge is -2.19. The summed E-state index contributed by atoms with van der Waals surface area (Å²) in [6.45, 7) is 2.39. The molecule has 0 unspecified atom stereocenters. The van der Waals surface area contributed by atoms with Gasteiger partial charge in [-0.25, -0.2) is 4.79 Å². The van der Waals surface area contributed by atoms with Crippen molar-refractivity contribution >= 4 is 12.1 Å². The maximum atomic E-state index is 12.4. The predicted molar refractivity (Wildman–Crippen MR) is 118 cm³/mol. The molecular formula is C25H31NO4. The van der Waals surface area contributed by atoms with Crippen LogP contribution in [-0.4, -0.2) is 29.8 Å². The topological polar surface area (TPSA) is 75.6 Å². The maximum Gasteiger partial charge on any atom is 0.407 e. The van der Waals surface area contributed by atoms with E-state index in [1.54, 1.807) is 0 Å². The molecule has 0 aliphatic heterocycles. The minimum absolute atomic E-state index is 0.00452. The van der Waals surface area contributed by atoms with Gasteiger partial charge >= 0.3 is 12.1 Å². The van der Waals surface area contributed by atoms with E-state index >= 15 is 0 Å². The fourth-order valence-electron chi connectivity index (χ4n) is 4.24. The van der Waals surface area contributed by atoms with Crippen LogP contribution in [0.1, 0.15) is 68.9 Å². The van der Waals surface area contributed by atoms with Gasteiger partial charge < -0.3 is 15.2 Å². The highest BCUT2D eigenvalue weighted by Gasteiger charge is 2.29. The number of carbonyl (C=O) groups excluding carboxylic acids is 1. The first kappa shape index (κ1) is 21.9. The number of carbonyl (C=O) groups is 2. The monoisotopic (exact) mass is 409 g/mol. The van der Waals surface area contributed by atoms with Gasteiger partial charge in [0.1, 0.15) is 6.61 Å². The summed E-state index contributed by atoms with van der Waals surface area (Å²) in [6.07, 6.45) is 5.47. The molecular weight excluding hydrogens is 378 g/mol. The smallest absolute Gasteiger partial charge is 0.407 e. The average Bonchev–Trinajstić information content (AvgIpc) is 3.05. The van der Waals surface area contributed by atoms with E-state index in [1.807, 2.05) is 24.3 Å². The van der Waals surface area contributed by atoms with Gasteiger partial charge in [0.15, 0.2) is 0 Å². The number of carboxylic acids is 1. The lowest BCUT2D eigenvalue weighted by Crippen LogP contribution is -2.37. The molecule has 1 aliphatic rings. The number of rotatable bonds is 11. The summed E-state index contributed by atoms with van der Waals surface area (Å²) in [7, 11) is 0. The van der Waals surface area contributed by atoms with Crippen molar-refractivity contribution in [2.75, 3.05) is 6.61 Å². The van der Waals surface area contributed by atoms with Crippen LogP contribution in [0.4, 0.5) is 4.79 Å². The number of ether oxygens (including phenoxy) is 1. The second-order valence-corrected chi connectivity index (χ2v) is 7.97. The number of fused-ring (bicyclic) bond motifs is 3. The van der Waals surface area contributed by atoms with Crippen molar-refractivity contribution in [3.8, 4) is 11.1 Å². The van der Waals surface area contributed by atoms with E-state index in [2.05, 4.69) is 36.5 Å². The highest BCUT2D eigenvalue weighted by Crippen LogP contribution is 2.44. The Bertz CT molecular complexity index is 818. The summed E-state index contributed by atoms with van der Waals surface area (Å²) in [5.41, 5.74) is 4.67. The van der Waals surface area contributed by atoms with E-state index in [-0.39, 0.29) is 18.9 Å². The fourth-order valence-corrected chi connectivity index (χ4v) is 4.24. The second kappa shape index (κ2) is 10.8. The van der Waals surface area contributed by atoms with Crippen LogP contribution in [0, 0.1) is 0 Å². The minimum Gasteiger partial charge on any atom is -0.481 e. The second-order valence-electron chi connectivity index (χ2n) is 7.97. The van der Waals surface area contributed by atoms with Crippen LogP contribution >= 0.6 is 0 Å². The van der Waals surface area contributed by atoms with Crippen LogP contribution in [0.3, 0.4) is 0 Å². The van der Waals surface area contributed by atoms with Gasteiger partial charge in [-0.3, -0.25) is 4.79 Å². The number of carboxylic acid groups (broad SMARTS) is 1. The van der Waals surface area contributed by atoms with Gasteiger partial charge in [-0.2, -0.15) is 0 Å². The summed E-state index contributed by atoms with van der Waals surface area (Å²) in [4.78, 5) is 23.6. The summed E-state index contributed by atoms with van der Waals surface area (Å²) < 4.78 is 5.55. The molecule has 30 heavy (non-hydrogen) atoms. The third-order valence-electron chi connectivity index (χ3n) is 5.74. The normalized spacial score (nSPS) is 13.4. The predicted octanol–water partition coefficient (Wildman–Crippen LogP) is 5.73. The quantitative estimate of drug-likeness (QED) is 0.465. The standard InChI is InChI=1S/C25H31NO4/c1-2-3-4-5-6-11-18(16-24(27)28)26-25(29)30-17-23-21-14-9-7-12-19(21)20-13-8-10-15-22(20)23/h7-10,12-15,18,23H,2-6,11,16-17H2,1H3,(H,26,29)(H,27,28)/t18-/m1/s1. The number of hydrogen-bond donors (Lipinski definition) is 2. The Balaban J connectivity index is 1.57. The van der Waals surface area contributed by atoms with E-state index in [0.717, 1.165) is 36.8 Å². The molecule has 2 aromatic carbocycles. The number of benzene rings is 2. The van der Waals surface area contributed by atoms with Crippen molar-refractivity contribution in [3.05, 3.63) is 59.7 Å². The van der Waals surface area contributed by atoms with Crippen molar-refractivity contribution in [2.24, 2.45) is 0 Å². The molecule has 0 saturated carbocycles. The molecule has 0 radical (unpaired) electrons. The van der Waals surface area contributed by atoms with Gasteiger partial charge in [0.25, 0.3) is 0 Å². The van der Waals surface area contributed by atoms with E-state index < -0.39 is 18.1 Å². The van der Waals surface area contributed by atoms with Gasteiger partial charge in [0, 0.05) is 12.0 Å². The molecule has 5 heteroatoms. The Morgan fingerprint density at radius 2 is 1.57 bits per heavy atom. The molecule has 160 valence electrons. The van der Waals surface area contributed by atoms with Crippen molar-refractivity contribution in [1.82, 2.24) is 5.32 Å². The van der Waals surface area contributed by atoms with Crippen LogP contribution < -0.4 is 5.32 Å². The fraction of sp³-hybridized carbons (Fsp3) is 0.440. The molecule has 2 aromatic rings. The van der Waals surface area contributed by atoms with E-state index in [4.69, 9.17) is 9.84 Å². The number of amides is 1. The van der Waals surface area contributed by atoms with Gasteiger partial charge in [-0.15, -0.1) is 0 Å². The van der Waals surface area contributed by atoms with Crippen molar-refractivity contribution in [3.63, 3.8) is 0 Å². The molecule has 5 nitrogen and oxygen atoms in total. The number of nitrogens with one attached hydrogen (secondary N) is 1. The average molecular weight is 410 g/mol. The van der Waals surface area contributed by atoms with Crippen molar-refractivity contribution < 1.29 is 19.4 Å². The molecule has 0 fully saturated rings. The Morgan fingerprint density at radius 3 is 2.17 bits per heavy atom. The van der Waals surface area contributed by atoms with Crippen LogP contribution in [0.2, 0.25) is 0 Å². The zero-order valence-electron chi connectivity index (χ0n) is 17.6. The third kappa shape index (κ3) is 5.62. The van der Waals surface area contributed by atoms with Gasteiger partial charge in [-0.1, -0.05) is 87.6 Å². The van der Waals surface area contributed by atoms with Crippen LogP contribution in [0.25, 0.3) is 11.1 Å². The van der Waals surface area contributed by atoms with Gasteiger partial charge in [0.2, 0.25) is 0 Å². The summed E-state index contributed by atoms with van der Waals surface area (Å²) >= 11 is 0. The Kier molecular flexibility index (Phi) is 7.89. The first-order valence-corrected chi connectivity index (χ1v) is 10.9. The molecule has 3 rings (SSSR count). The third-order valence-corrected chi connectivity index (χ3v) is 5.74. The van der Waals surface area contributed by atoms with Gasteiger partial charge in [-0.05, 0) is 28.7 Å². The van der Waals surface area contributed by atoms with Crippen molar-refractivity contribution in [1.29, 1.82) is 0 Å². The van der Waals surface area contributed by atoms with E-state index in [1.165, 1.54) is 17.5 Å². The molecule has 1 atom stereocenters. The summed E-state index contributed by atoms with van der Waals surface area (Å²) in [5, 5.41) is 11.9. The van der Waals surface area contributed by atoms with E-state index in [0.29, 0.717) is 6.42 Å². The zero-order chi connectivity index (χ0) is 21.3. The first-order chi connectivity index (χ1) is 14.6. The van der Waals surface area contributed by atoms with Crippen LogP contribution in [-0.2, 0) is 9.53 Å². The molecule has 0 spiro atoms. The van der Waals surface area contributed by atoms with Crippen molar-refractivity contribution in [2.45, 2.75) is 63.8 Å². The summed E-state index contributed by atoms with van der Waals surface area (Å²) in [5.74, 6) is -0.914. The molecule has 0 heterocycles. The molecule has 0 aromatic heterocycles. The molecule has 1 amide bonds. The summed E-state index contributed by atoms with van der Waals surface area (Å²) in [6, 6.07) is 16.0. The SMILES string of the molecule is CCCCCCC[C@H](CC(=O)O)NC(=O)OCC1c2ccccc2-c2ccccc21. The Labute approximate surface area is 178 Å². The van der Waals surface area contributed by atoms with Gasteiger partial charge in [0.05, 0.1) is 6.42 Å². The Morgan fingerprint density at radius 1 is 0.967 bits per heavy atom. The highest BCUT2D eigenvalue weighted by molar-refractivity contribution is 5.79. The minimum atomic E-state index is -0.910. The van der Waals surface area contributed by atoms with E-state index in [9.17, 15) is 9.59 Å². The number of hydrogen-bond acceptors (Lipinski definition) is 3.